The first-order chi connectivity index (χ1) is 13.5. The summed E-state index contributed by atoms with van der Waals surface area (Å²) in [6.45, 7) is 7.36. The van der Waals surface area contributed by atoms with Crippen molar-refractivity contribution in [3.63, 3.8) is 0 Å². The first-order valence-corrected chi connectivity index (χ1v) is 10.0. The van der Waals surface area contributed by atoms with E-state index >= 15 is 0 Å². The van der Waals surface area contributed by atoms with Crippen LogP contribution in [0.5, 0.6) is 0 Å². The molecule has 0 aromatic carbocycles. The molecule has 0 bridgehead atoms. The number of nitrogens with zero attached hydrogens (tertiary/aromatic N) is 4. The van der Waals surface area contributed by atoms with Crippen LogP contribution >= 0.6 is 12.2 Å². The molecule has 1 aliphatic rings. The lowest BCUT2D eigenvalue weighted by Gasteiger charge is -2.30. The molecule has 1 N–H and O–H groups in total. The quantitative estimate of drug-likeness (QED) is 0.661. The van der Waals surface area contributed by atoms with Crippen molar-refractivity contribution in [2.45, 2.75) is 32.9 Å². The Bertz CT molecular complexity index is 949. The molecule has 0 saturated carbocycles. The smallest absolute Gasteiger partial charge is 0.170 e. The molecule has 28 heavy (non-hydrogen) atoms. The number of rotatable bonds is 5. The molecule has 0 amide bonds. The predicted octanol–water partition coefficient (Wildman–Crippen LogP) is 4.20. The number of aryl methyl sites for hydroxylation is 1. The van der Waals surface area contributed by atoms with Crippen molar-refractivity contribution in [1.29, 1.82) is 0 Å². The van der Waals surface area contributed by atoms with Gasteiger partial charge in [0.25, 0.3) is 0 Å². The van der Waals surface area contributed by atoms with Crippen LogP contribution < -0.4 is 5.32 Å². The summed E-state index contributed by atoms with van der Waals surface area (Å²) in [4.78, 5) is 11.5. The molecule has 144 valence electrons. The SMILES string of the molecule is Cc1ccc(-n2cccc2[C@@H]2[C@@H](c3ccccn3)NC(=S)N2CC(C)C)nc1. The van der Waals surface area contributed by atoms with Gasteiger partial charge in [-0.15, -0.1) is 0 Å². The molecular formula is C22H25N5S. The Kier molecular flexibility index (Phi) is 5.13. The fourth-order valence-electron chi connectivity index (χ4n) is 3.76. The highest BCUT2D eigenvalue weighted by Gasteiger charge is 2.41. The van der Waals surface area contributed by atoms with Gasteiger partial charge in [0.05, 0.1) is 17.8 Å². The van der Waals surface area contributed by atoms with Gasteiger partial charge in [-0.1, -0.05) is 26.0 Å². The van der Waals surface area contributed by atoms with Crippen LogP contribution in [0.15, 0.2) is 61.1 Å². The second kappa shape index (κ2) is 7.72. The Morgan fingerprint density at radius 2 is 1.96 bits per heavy atom. The van der Waals surface area contributed by atoms with E-state index in [2.05, 4.69) is 75.1 Å². The van der Waals surface area contributed by atoms with E-state index in [1.54, 1.807) is 0 Å². The largest absolute Gasteiger partial charge is 0.352 e. The Hall–Kier alpha value is -2.73. The summed E-state index contributed by atoms with van der Waals surface area (Å²) in [5.74, 6) is 1.40. The fourth-order valence-corrected chi connectivity index (χ4v) is 4.08. The van der Waals surface area contributed by atoms with E-state index in [4.69, 9.17) is 12.2 Å². The number of hydrogen-bond acceptors (Lipinski definition) is 3. The summed E-state index contributed by atoms with van der Waals surface area (Å²) in [5, 5.41) is 4.29. The zero-order valence-electron chi connectivity index (χ0n) is 16.4. The maximum absolute atomic E-state index is 5.73. The summed E-state index contributed by atoms with van der Waals surface area (Å²) >= 11 is 5.73. The van der Waals surface area contributed by atoms with E-state index < -0.39 is 0 Å². The van der Waals surface area contributed by atoms with Crippen molar-refractivity contribution < 1.29 is 0 Å². The standard InChI is InChI=1S/C22H25N5S/c1-15(2)14-27-21(20(25-22(27)28)17-7-4-5-11-23-17)18-8-6-12-26(18)19-10-9-16(3)13-24-19/h4-13,15,20-21H,14H2,1-3H3,(H,25,28)/t20-,21-/m1/s1. The van der Waals surface area contributed by atoms with Gasteiger partial charge in [-0.05, 0) is 61.0 Å². The highest BCUT2D eigenvalue weighted by atomic mass is 32.1. The van der Waals surface area contributed by atoms with Gasteiger partial charge in [-0.2, -0.15) is 0 Å². The molecule has 0 aliphatic carbocycles. The molecular weight excluding hydrogens is 366 g/mol. The maximum Gasteiger partial charge on any atom is 0.170 e. The summed E-state index contributed by atoms with van der Waals surface area (Å²) in [6, 6.07) is 14.4. The topological polar surface area (TPSA) is 46.0 Å². The van der Waals surface area contributed by atoms with Crippen molar-refractivity contribution in [2.24, 2.45) is 5.92 Å². The molecule has 0 unspecified atom stereocenters. The minimum atomic E-state index is -0.00783. The molecule has 6 heteroatoms. The monoisotopic (exact) mass is 391 g/mol. The summed E-state index contributed by atoms with van der Waals surface area (Å²) in [5.41, 5.74) is 3.29. The summed E-state index contributed by atoms with van der Waals surface area (Å²) < 4.78 is 2.16. The van der Waals surface area contributed by atoms with Gasteiger partial charge in [0, 0.05) is 30.8 Å². The van der Waals surface area contributed by atoms with Gasteiger partial charge in [0.2, 0.25) is 0 Å². The molecule has 1 aliphatic heterocycles. The number of aromatic nitrogens is 3. The zero-order chi connectivity index (χ0) is 19.7. The Morgan fingerprint density at radius 3 is 2.64 bits per heavy atom. The van der Waals surface area contributed by atoms with Gasteiger partial charge in [-0.3, -0.25) is 4.98 Å². The molecule has 3 aromatic heterocycles. The van der Waals surface area contributed by atoms with Crippen LogP contribution in [-0.4, -0.2) is 31.1 Å². The highest BCUT2D eigenvalue weighted by Crippen LogP contribution is 2.39. The van der Waals surface area contributed by atoms with Gasteiger partial charge < -0.3 is 14.8 Å². The zero-order valence-corrected chi connectivity index (χ0v) is 17.2. The van der Waals surface area contributed by atoms with E-state index in [-0.39, 0.29) is 12.1 Å². The average molecular weight is 392 g/mol. The van der Waals surface area contributed by atoms with Crippen LogP contribution in [0.2, 0.25) is 0 Å². The van der Waals surface area contributed by atoms with Crippen molar-refractivity contribution in [3.8, 4) is 5.82 Å². The van der Waals surface area contributed by atoms with Crippen molar-refractivity contribution >= 4 is 17.3 Å². The van der Waals surface area contributed by atoms with Crippen molar-refractivity contribution in [2.75, 3.05) is 6.54 Å². The minimum Gasteiger partial charge on any atom is -0.352 e. The third-order valence-corrected chi connectivity index (χ3v) is 5.34. The number of thiocarbonyl (C=S) groups is 1. The van der Waals surface area contributed by atoms with Crippen molar-refractivity contribution in [3.05, 3.63) is 78.0 Å². The molecule has 3 aromatic rings. The van der Waals surface area contributed by atoms with Gasteiger partial charge in [0.15, 0.2) is 5.11 Å². The second-order valence-electron chi connectivity index (χ2n) is 7.67. The second-order valence-corrected chi connectivity index (χ2v) is 8.06. The molecule has 4 rings (SSSR count). The van der Waals surface area contributed by atoms with Crippen LogP contribution in [0.25, 0.3) is 5.82 Å². The van der Waals surface area contributed by atoms with Crippen LogP contribution in [-0.2, 0) is 0 Å². The Balaban J connectivity index is 1.80. The van der Waals surface area contributed by atoms with E-state index in [9.17, 15) is 0 Å². The lowest BCUT2D eigenvalue weighted by Crippen LogP contribution is -2.33. The van der Waals surface area contributed by atoms with Crippen molar-refractivity contribution in [1.82, 2.24) is 24.8 Å². The van der Waals surface area contributed by atoms with E-state index in [0.717, 1.165) is 34.4 Å². The third kappa shape index (κ3) is 3.52. The van der Waals surface area contributed by atoms with Crippen LogP contribution in [0.3, 0.4) is 0 Å². The van der Waals surface area contributed by atoms with Gasteiger partial charge >= 0.3 is 0 Å². The molecule has 4 heterocycles. The van der Waals surface area contributed by atoms with E-state index in [1.807, 2.05) is 31.5 Å². The Labute approximate surface area is 171 Å². The number of hydrogen-bond donors (Lipinski definition) is 1. The first-order valence-electron chi connectivity index (χ1n) is 9.63. The average Bonchev–Trinajstić information content (AvgIpc) is 3.28. The minimum absolute atomic E-state index is 0.00783. The van der Waals surface area contributed by atoms with E-state index in [0.29, 0.717) is 5.92 Å². The van der Waals surface area contributed by atoms with Gasteiger partial charge in [-0.25, -0.2) is 4.98 Å². The number of nitrogens with one attached hydrogen (secondary N) is 1. The number of pyridine rings is 2. The predicted molar refractivity (Wildman–Crippen MR) is 115 cm³/mol. The molecule has 2 atom stereocenters. The lowest BCUT2D eigenvalue weighted by atomic mass is 10.0. The van der Waals surface area contributed by atoms with Gasteiger partial charge in [0.1, 0.15) is 5.82 Å². The normalized spacial score (nSPS) is 19.3. The highest BCUT2D eigenvalue weighted by molar-refractivity contribution is 7.80. The molecule has 0 spiro atoms. The van der Waals surface area contributed by atoms with Crippen LogP contribution in [0.4, 0.5) is 0 Å². The van der Waals surface area contributed by atoms with E-state index in [1.165, 1.54) is 0 Å². The lowest BCUT2D eigenvalue weighted by molar-refractivity contribution is 0.280. The van der Waals surface area contributed by atoms with Crippen LogP contribution in [0, 0.1) is 12.8 Å². The fraction of sp³-hybridized carbons (Fsp3) is 0.318. The molecule has 0 radical (unpaired) electrons. The molecule has 5 nitrogen and oxygen atoms in total. The molecule has 1 fully saturated rings. The summed E-state index contributed by atoms with van der Waals surface area (Å²) in [7, 11) is 0. The third-order valence-electron chi connectivity index (χ3n) is 4.99. The Morgan fingerprint density at radius 1 is 1.11 bits per heavy atom. The summed E-state index contributed by atoms with van der Waals surface area (Å²) in [6.07, 6.45) is 5.80. The first kappa shape index (κ1) is 18.6. The molecule has 1 saturated heterocycles. The van der Waals surface area contributed by atoms with Crippen LogP contribution in [0.1, 0.15) is 42.9 Å². The maximum atomic E-state index is 5.73.